The van der Waals surface area contributed by atoms with Gasteiger partial charge in [-0.1, -0.05) is 18.1 Å². The first-order valence-corrected chi connectivity index (χ1v) is 15.7. The standard InChI is InChI=1S/C36H30F2N6O4/c1-3-25-27(38)9-8-21-13-24(45)14-26(29(21)25)32-20(2)31-30(34(46)48-32)33(40-17-28-39-16-23-7-4-5-12-44(23)28)42-35(41-31)47-19-36-10-6-11-43(36)18-22(37)15-36/h1,4-5,7-9,12-14,16,22,45H,6,10-11,15,17-19H2,2H3,(H,40,41,42)/t22-,36+/m1/s1. The maximum Gasteiger partial charge on any atom is 0.349 e. The molecule has 0 amide bonds. The number of ether oxygens (including phenoxy) is 1. The van der Waals surface area contributed by atoms with E-state index in [0.29, 0.717) is 35.1 Å². The summed E-state index contributed by atoms with van der Waals surface area (Å²) >= 11 is 0. The van der Waals surface area contributed by atoms with Gasteiger partial charge in [0.25, 0.3) is 0 Å². The molecule has 0 saturated carbocycles. The molecule has 2 aromatic carbocycles. The Labute approximate surface area is 273 Å². The molecule has 48 heavy (non-hydrogen) atoms. The summed E-state index contributed by atoms with van der Waals surface area (Å²) in [5.74, 6) is 2.53. The smallest absolute Gasteiger partial charge is 0.349 e. The predicted octanol–water partition coefficient (Wildman–Crippen LogP) is 5.75. The molecule has 242 valence electrons. The van der Waals surface area contributed by atoms with Crippen LogP contribution in [0.25, 0.3) is 38.5 Å². The van der Waals surface area contributed by atoms with Crippen molar-refractivity contribution in [2.45, 2.75) is 44.4 Å². The summed E-state index contributed by atoms with van der Waals surface area (Å²) in [5.41, 5.74) is 0.520. The van der Waals surface area contributed by atoms with Crippen LogP contribution in [0.4, 0.5) is 14.6 Å². The Morgan fingerprint density at radius 3 is 2.96 bits per heavy atom. The molecule has 2 aliphatic rings. The number of nitrogens with one attached hydrogen (secondary N) is 1. The third-order valence-electron chi connectivity index (χ3n) is 9.58. The Kier molecular flexibility index (Phi) is 7.03. The lowest BCUT2D eigenvalue weighted by Crippen LogP contribution is -2.43. The Bertz CT molecular complexity index is 2370. The molecule has 0 aliphatic carbocycles. The van der Waals surface area contributed by atoms with Crippen molar-refractivity contribution in [1.29, 1.82) is 0 Å². The van der Waals surface area contributed by atoms with Crippen molar-refractivity contribution in [2.75, 3.05) is 25.0 Å². The lowest BCUT2D eigenvalue weighted by atomic mass is 9.95. The Morgan fingerprint density at radius 2 is 2.10 bits per heavy atom. The number of aromatic nitrogens is 4. The quantitative estimate of drug-likeness (QED) is 0.209. The van der Waals surface area contributed by atoms with Gasteiger partial charge in [-0.05, 0) is 62.0 Å². The van der Waals surface area contributed by atoms with Crippen molar-refractivity contribution in [2.24, 2.45) is 0 Å². The van der Waals surface area contributed by atoms with Crippen LogP contribution in [0.15, 0.2) is 64.1 Å². The number of imidazole rings is 1. The van der Waals surface area contributed by atoms with Crippen molar-refractivity contribution in [3.8, 4) is 35.4 Å². The van der Waals surface area contributed by atoms with E-state index in [2.05, 4.69) is 31.1 Å². The first kappa shape index (κ1) is 29.8. The van der Waals surface area contributed by atoms with E-state index in [1.165, 1.54) is 24.3 Å². The summed E-state index contributed by atoms with van der Waals surface area (Å²) < 4.78 is 43.5. The van der Waals surface area contributed by atoms with Gasteiger partial charge in [-0.25, -0.2) is 18.6 Å². The number of hydrogen-bond acceptors (Lipinski definition) is 9. The van der Waals surface area contributed by atoms with E-state index >= 15 is 0 Å². The second-order valence-corrected chi connectivity index (χ2v) is 12.5. The van der Waals surface area contributed by atoms with Crippen LogP contribution in [0, 0.1) is 25.1 Å². The Morgan fingerprint density at radius 1 is 1.23 bits per heavy atom. The number of alkyl halides is 1. The second-order valence-electron chi connectivity index (χ2n) is 12.5. The van der Waals surface area contributed by atoms with E-state index in [1.54, 1.807) is 13.1 Å². The van der Waals surface area contributed by atoms with Crippen molar-refractivity contribution in [1.82, 2.24) is 24.3 Å². The number of halogens is 2. The Hall–Kier alpha value is -5.54. The summed E-state index contributed by atoms with van der Waals surface area (Å²) in [7, 11) is 0. The fraction of sp³-hybridized carbons (Fsp3) is 0.278. The van der Waals surface area contributed by atoms with Gasteiger partial charge in [0.1, 0.15) is 47.1 Å². The van der Waals surface area contributed by atoms with Crippen molar-refractivity contribution >= 4 is 33.0 Å². The molecule has 0 radical (unpaired) electrons. The average Bonchev–Trinajstić information content (AvgIpc) is 3.76. The molecule has 12 heteroatoms. The van der Waals surface area contributed by atoms with Crippen molar-refractivity contribution in [3.05, 3.63) is 88.0 Å². The number of benzene rings is 2. The molecule has 2 saturated heterocycles. The minimum Gasteiger partial charge on any atom is -0.508 e. The minimum atomic E-state index is -0.933. The lowest BCUT2D eigenvalue weighted by Gasteiger charge is -2.30. The van der Waals surface area contributed by atoms with Crippen LogP contribution in [0.2, 0.25) is 0 Å². The van der Waals surface area contributed by atoms with Gasteiger partial charge in [-0.3, -0.25) is 4.90 Å². The van der Waals surface area contributed by atoms with E-state index in [1.807, 2.05) is 28.8 Å². The van der Waals surface area contributed by atoms with Gasteiger partial charge in [0, 0.05) is 35.7 Å². The zero-order valence-electron chi connectivity index (χ0n) is 26.0. The summed E-state index contributed by atoms with van der Waals surface area (Å²) in [6.45, 7) is 3.26. The molecule has 0 bridgehead atoms. The highest BCUT2D eigenvalue weighted by Crippen LogP contribution is 2.41. The summed E-state index contributed by atoms with van der Waals surface area (Å²) in [4.78, 5) is 29.8. The molecule has 10 nitrogen and oxygen atoms in total. The van der Waals surface area contributed by atoms with E-state index in [4.69, 9.17) is 15.6 Å². The molecule has 8 rings (SSSR count). The topological polar surface area (TPSA) is 118 Å². The van der Waals surface area contributed by atoms with Crippen LogP contribution in [0.5, 0.6) is 11.8 Å². The van der Waals surface area contributed by atoms with Gasteiger partial charge < -0.3 is 24.0 Å². The first-order chi connectivity index (χ1) is 23.2. The highest BCUT2D eigenvalue weighted by molar-refractivity contribution is 6.03. The van der Waals surface area contributed by atoms with Gasteiger partial charge in [0.05, 0.1) is 34.9 Å². The van der Waals surface area contributed by atoms with Gasteiger partial charge >= 0.3 is 11.6 Å². The monoisotopic (exact) mass is 648 g/mol. The highest BCUT2D eigenvalue weighted by atomic mass is 19.1. The SMILES string of the molecule is C#Cc1c(F)ccc2cc(O)cc(-c3oc(=O)c4c(NCc5ncc6ccccn56)nc(OC[C@@]56CCCN5C[C@H](F)C6)nc4c3C)c12. The third kappa shape index (κ3) is 4.81. The van der Waals surface area contributed by atoms with E-state index in [-0.39, 0.29) is 58.5 Å². The van der Waals surface area contributed by atoms with Crippen LogP contribution in [-0.4, -0.2) is 60.8 Å². The van der Waals surface area contributed by atoms with E-state index in [9.17, 15) is 18.7 Å². The van der Waals surface area contributed by atoms with Crippen molar-refractivity contribution < 1.29 is 23.0 Å². The number of nitrogens with zero attached hydrogens (tertiary/aromatic N) is 5. The number of terminal acetylenes is 1. The fourth-order valence-electron chi connectivity index (χ4n) is 7.37. The molecule has 6 heterocycles. The summed E-state index contributed by atoms with van der Waals surface area (Å²) in [6.07, 6.45) is 10.5. The maximum atomic E-state index is 14.9. The largest absolute Gasteiger partial charge is 0.508 e. The number of fused-ring (bicyclic) bond motifs is 4. The third-order valence-corrected chi connectivity index (χ3v) is 9.58. The molecular weight excluding hydrogens is 618 g/mol. The number of aryl methyl sites for hydroxylation is 1. The zero-order valence-corrected chi connectivity index (χ0v) is 26.0. The number of hydrogen-bond donors (Lipinski definition) is 2. The van der Waals surface area contributed by atoms with E-state index in [0.717, 1.165) is 24.9 Å². The number of rotatable bonds is 7. The summed E-state index contributed by atoms with van der Waals surface area (Å²) in [6, 6.07) is 11.3. The zero-order chi connectivity index (χ0) is 33.2. The van der Waals surface area contributed by atoms with Crippen LogP contribution in [0.1, 0.15) is 36.2 Å². The van der Waals surface area contributed by atoms with Crippen LogP contribution >= 0.6 is 0 Å². The molecule has 2 N–H and O–H groups in total. The van der Waals surface area contributed by atoms with E-state index < -0.39 is 23.2 Å². The molecule has 6 aromatic rings. The summed E-state index contributed by atoms with van der Waals surface area (Å²) in [5, 5.41) is 14.7. The normalized spacial score (nSPS) is 19.2. The number of anilines is 1. The predicted molar refractivity (Wildman–Crippen MR) is 176 cm³/mol. The molecule has 0 spiro atoms. The van der Waals surface area contributed by atoms with Crippen molar-refractivity contribution in [3.63, 3.8) is 0 Å². The van der Waals surface area contributed by atoms with Crippen LogP contribution in [0.3, 0.4) is 0 Å². The molecule has 4 aromatic heterocycles. The van der Waals surface area contributed by atoms with Gasteiger partial charge in [0.2, 0.25) is 0 Å². The van der Waals surface area contributed by atoms with Gasteiger partial charge in [-0.15, -0.1) is 6.42 Å². The first-order valence-electron chi connectivity index (χ1n) is 15.7. The molecule has 2 fully saturated rings. The Balaban J connectivity index is 1.28. The van der Waals surface area contributed by atoms with Crippen LogP contribution in [-0.2, 0) is 6.54 Å². The maximum absolute atomic E-state index is 14.9. The minimum absolute atomic E-state index is 0.00251. The fourth-order valence-corrected chi connectivity index (χ4v) is 7.37. The molecule has 2 aliphatic heterocycles. The molecule has 0 unspecified atom stereocenters. The van der Waals surface area contributed by atoms with Crippen LogP contribution < -0.4 is 15.7 Å². The van der Waals surface area contributed by atoms with Gasteiger partial charge in [-0.2, -0.15) is 9.97 Å². The average molecular weight is 649 g/mol. The number of pyridine rings is 1. The number of phenols is 1. The lowest BCUT2D eigenvalue weighted by molar-refractivity contribution is 0.107. The van der Waals surface area contributed by atoms with Gasteiger partial charge in [0.15, 0.2) is 0 Å². The molecular formula is C36H30F2N6O4. The second kappa shape index (κ2) is 11.3. The molecule has 2 atom stereocenters. The highest BCUT2D eigenvalue weighted by Gasteiger charge is 2.49. The number of aromatic hydroxyl groups is 1. The number of phenolic OH excluding ortho intramolecular Hbond substituents is 1.